The number of carbonyl (C=O) groups is 4. The highest BCUT2D eigenvalue weighted by atomic mass is 16.6. The van der Waals surface area contributed by atoms with E-state index in [1.54, 1.807) is 6.92 Å². The van der Waals surface area contributed by atoms with Gasteiger partial charge < -0.3 is 14.2 Å². The summed E-state index contributed by atoms with van der Waals surface area (Å²) in [6.45, 7) is 16.0. The first kappa shape index (κ1) is 25.2. The van der Waals surface area contributed by atoms with Crippen LogP contribution in [0.2, 0.25) is 0 Å². The maximum Gasteiger partial charge on any atom is 0.303 e. The van der Waals surface area contributed by atoms with Crippen LogP contribution in [0.25, 0.3) is 0 Å². The second-order valence-electron chi connectivity index (χ2n) is 10.6. The maximum absolute atomic E-state index is 14.0. The molecule has 0 N–H and O–H groups in total. The van der Waals surface area contributed by atoms with Crippen LogP contribution in [0.5, 0.6) is 0 Å². The summed E-state index contributed by atoms with van der Waals surface area (Å²) in [6, 6.07) is 0. The van der Waals surface area contributed by atoms with Crippen LogP contribution in [0.4, 0.5) is 0 Å². The van der Waals surface area contributed by atoms with Crippen LogP contribution in [-0.2, 0) is 33.4 Å². The first-order chi connectivity index (χ1) is 15.2. The molecule has 0 aromatic carbocycles. The van der Waals surface area contributed by atoms with Gasteiger partial charge in [0.25, 0.3) is 0 Å². The lowest BCUT2D eigenvalue weighted by Crippen LogP contribution is -2.55. The van der Waals surface area contributed by atoms with Crippen molar-refractivity contribution in [2.45, 2.75) is 85.5 Å². The van der Waals surface area contributed by atoms with Crippen LogP contribution in [0.15, 0.2) is 23.8 Å². The molecule has 7 nitrogen and oxygen atoms in total. The lowest BCUT2D eigenvalue weighted by molar-refractivity contribution is -0.182. The van der Waals surface area contributed by atoms with Gasteiger partial charge in [-0.05, 0) is 54.1 Å². The molecule has 0 heterocycles. The van der Waals surface area contributed by atoms with Crippen molar-refractivity contribution < 1.29 is 33.4 Å². The lowest BCUT2D eigenvalue weighted by Gasteiger charge is -2.39. The molecule has 0 aliphatic heterocycles. The molecular weight excluding hydrogens is 424 g/mol. The number of fused-ring (bicyclic) bond motifs is 2. The van der Waals surface area contributed by atoms with E-state index < -0.39 is 41.6 Å². The minimum atomic E-state index is -1.63. The first-order valence-corrected chi connectivity index (χ1v) is 11.7. The van der Waals surface area contributed by atoms with Crippen molar-refractivity contribution in [2.24, 2.45) is 29.1 Å². The van der Waals surface area contributed by atoms with Gasteiger partial charge in [0, 0.05) is 27.2 Å². The van der Waals surface area contributed by atoms with E-state index in [-0.39, 0.29) is 29.5 Å². The zero-order valence-corrected chi connectivity index (χ0v) is 20.7. The van der Waals surface area contributed by atoms with Crippen LogP contribution < -0.4 is 0 Å². The number of allylic oxidation sites excluding steroid dienone is 1. The highest BCUT2D eigenvalue weighted by Crippen LogP contribution is 2.62. The van der Waals surface area contributed by atoms with Crippen LogP contribution in [0, 0.1) is 29.1 Å². The largest absolute Gasteiger partial charge is 0.462 e. The summed E-state index contributed by atoms with van der Waals surface area (Å²) in [5.74, 6) is -2.64. The molecule has 0 amide bonds. The topological polar surface area (TPSA) is 96.0 Å². The van der Waals surface area contributed by atoms with Crippen molar-refractivity contribution in [1.82, 2.24) is 0 Å². The molecule has 0 saturated heterocycles. The van der Waals surface area contributed by atoms with Gasteiger partial charge in [0.1, 0.15) is 12.2 Å². The van der Waals surface area contributed by atoms with Crippen LogP contribution in [0.3, 0.4) is 0 Å². The predicted molar refractivity (Wildman–Crippen MR) is 121 cm³/mol. The van der Waals surface area contributed by atoms with Crippen molar-refractivity contribution in [3.05, 3.63) is 23.8 Å². The standard InChI is InChI=1S/C26H36O7/c1-13-9-10-19-20(25(19,7)8)11-14(2)24(30)26(33-18(6)29)12-15(3)23(32-17(5)28)21(26)22(13)31-16(4)27/h11,15,19-23H,1,9-10,12H2,2-8H3/b14-11+/t15-,19+,20-,21+,22?,23+,26-/m1/s1. The minimum Gasteiger partial charge on any atom is -0.462 e. The van der Waals surface area contributed by atoms with Crippen molar-refractivity contribution in [3.8, 4) is 0 Å². The second kappa shape index (κ2) is 8.73. The second-order valence-corrected chi connectivity index (χ2v) is 10.6. The SMILES string of the molecule is C=C1CC[C@H]2[C@@H](/C=C(\C)C(=O)[C@@]3(OC(C)=O)C[C@@H](C)[C@H](OC(C)=O)[C@@H]3C1OC(C)=O)C2(C)C. The third kappa shape index (κ3) is 4.51. The fraction of sp³-hybridized carbons (Fsp3) is 0.692. The fourth-order valence-electron chi connectivity index (χ4n) is 6.22. The molecule has 0 spiro atoms. The molecular formula is C26H36O7. The molecule has 3 aliphatic rings. The molecule has 182 valence electrons. The molecule has 2 saturated carbocycles. The summed E-state index contributed by atoms with van der Waals surface area (Å²) < 4.78 is 17.3. The predicted octanol–water partition coefficient (Wildman–Crippen LogP) is 3.95. The molecule has 0 aromatic heterocycles. The van der Waals surface area contributed by atoms with Crippen LogP contribution >= 0.6 is 0 Å². The van der Waals surface area contributed by atoms with E-state index in [0.29, 0.717) is 23.5 Å². The quantitative estimate of drug-likeness (QED) is 0.357. The average Bonchev–Trinajstić information content (AvgIpc) is 3.07. The molecule has 3 aliphatic carbocycles. The van der Waals surface area contributed by atoms with E-state index in [4.69, 9.17) is 14.2 Å². The van der Waals surface area contributed by atoms with Gasteiger partial charge in [-0.1, -0.05) is 33.4 Å². The number of esters is 3. The zero-order chi connectivity index (χ0) is 24.9. The van der Waals surface area contributed by atoms with Crippen molar-refractivity contribution in [1.29, 1.82) is 0 Å². The van der Waals surface area contributed by atoms with Gasteiger partial charge in [0.05, 0.1) is 5.92 Å². The summed E-state index contributed by atoms with van der Waals surface area (Å²) >= 11 is 0. The van der Waals surface area contributed by atoms with E-state index in [1.165, 1.54) is 20.8 Å². The zero-order valence-electron chi connectivity index (χ0n) is 20.7. The van der Waals surface area contributed by atoms with Gasteiger partial charge in [0.15, 0.2) is 5.60 Å². The Hall–Kier alpha value is -2.44. The summed E-state index contributed by atoms with van der Waals surface area (Å²) in [5, 5.41) is 0. The van der Waals surface area contributed by atoms with E-state index >= 15 is 0 Å². The Balaban J connectivity index is 2.23. The third-order valence-corrected chi connectivity index (χ3v) is 7.82. The Labute approximate surface area is 195 Å². The highest BCUT2D eigenvalue weighted by Gasteiger charge is 2.65. The number of rotatable bonds is 3. The monoisotopic (exact) mass is 460 g/mol. The fourth-order valence-corrected chi connectivity index (χ4v) is 6.22. The summed E-state index contributed by atoms with van der Waals surface area (Å²) in [7, 11) is 0. The molecule has 7 atom stereocenters. The molecule has 33 heavy (non-hydrogen) atoms. The molecule has 0 aromatic rings. The lowest BCUT2D eigenvalue weighted by atomic mass is 9.76. The number of carbonyl (C=O) groups excluding carboxylic acids is 4. The normalized spacial score (nSPS) is 39.2. The van der Waals surface area contributed by atoms with Gasteiger partial charge in [-0.15, -0.1) is 0 Å². The number of Topliss-reactive ketones (excluding diaryl/α,β-unsaturated/α-hetero) is 1. The van der Waals surface area contributed by atoms with Crippen molar-refractivity contribution >= 4 is 23.7 Å². The average molecular weight is 461 g/mol. The summed E-state index contributed by atoms with van der Waals surface area (Å²) in [5.41, 5.74) is -0.457. The molecule has 1 unspecified atom stereocenters. The summed E-state index contributed by atoms with van der Waals surface area (Å²) in [4.78, 5) is 50.5. The smallest absolute Gasteiger partial charge is 0.303 e. The van der Waals surface area contributed by atoms with Crippen molar-refractivity contribution in [2.75, 3.05) is 0 Å². The Morgan fingerprint density at radius 1 is 1.06 bits per heavy atom. The third-order valence-electron chi connectivity index (χ3n) is 7.82. The van der Waals surface area contributed by atoms with Crippen molar-refractivity contribution in [3.63, 3.8) is 0 Å². The molecule has 0 radical (unpaired) electrons. The Morgan fingerprint density at radius 3 is 2.21 bits per heavy atom. The van der Waals surface area contributed by atoms with Crippen LogP contribution in [-0.4, -0.2) is 41.5 Å². The van der Waals surface area contributed by atoms with Gasteiger partial charge in [-0.3, -0.25) is 19.2 Å². The van der Waals surface area contributed by atoms with Gasteiger partial charge in [-0.2, -0.15) is 0 Å². The van der Waals surface area contributed by atoms with E-state index in [9.17, 15) is 19.2 Å². The molecule has 3 rings (SSSR count). The molecule has 7 heteroatoms. The van der Waals surface area contributed by atoms with Gasteiger partial charge >= 0.3 is 17.9 Å². The van der Waals surface area contributed by atoms with Gasteiger partial charge in [-0.25, -0.2) is 0 Å². The highest BCUT2D eigenvalue weighted by molar-refractivity contribution is 6.03. The van der Waals surface area contributed by atoms with E-state index in [1.807, 2.05) is 13.0 Å². The Bertz CT molecular complexity index is 914. The molecule has 0 bridgehead atoms. The maximum atomic E-state index is 14.0. The molecule has 2 fully saturated rings. The van der Waals surface area contributed by atoms with Crippen LogP contribution in [0.1, 0.15) is 67.7 Å². The number of hydrogen-bond acceptors (Lipinski definition) is 7. The summed E-state index contributed by atoms with van der Waals surface area (Å²) in [6.07, 6.45) is 1.83. The Morgan fingerprint density at radius 2 is 1.67 bits per heavy atom. The minimum absolute atomic E-state index is 0.0369. The van der Waals surface area contributed by atoms with E-state index in [0.717, 1.165) is 6.42 Å². The Kier molecular flexibility index (Phi) is 6.66. The van der Waals surface area contributed by atoms with Gasteiger partial charge in [0.2, 0.25) is 5.78 Å². The number of hydrogen-bond donors (Lipinski definition) is 0. The number of ether oxygens (including phenoxy) is 3. The first-order valence-electron chi connectivity index (χ1n) is 11.7. The van der Waals surface area contributed by atoms with E-state index in [2.05, 4.69) is 20.4 Å². The number of ketones is 1.